The molecule has 2 fully saturated rings. The number of nitrogens with zero attached hydrogens (tertiary/aromatic N) is 1. The van der Waals surface area contributed by atoms with Crippen LogP contribution in [0.25, 0.3) is 0 Å². The number of hydrogen-bond acceptors (Lipinski definition) is 4. The molecule has 2 aliphatic rings. The molecular formula is C15H19N3O4. The van der Waals surface area contributed by atoms with Crippen LogP contribution in [0.1, 0.15) is 12.8 Å². The number of anilines is 2. The Kier molecular flexibility index (Phi) is 4.43. The van der Waals surface area contributed by atoms with Gasteiger partial charge in [0.1, 0.15) is 6.61 Å². The summed E-state index contributed by atoms with van der Waals surface area (Å²) in [6.45, 7) is 2.08. The van der Waals surface area contributed by atoms with E-state index < -0.39 is 6.09 Å². The summed E-state index contributed by atoms with van der Waals surface area (Å²) in [6, 6.07) is 6.85. The number of carbonyl (C=O) groups excluding carboxylic acids is 2. The molecule has 2 N–H and O–H groups in total. The van der Waals surface area contributed by atoms with Crippen molar-refractivity contribution >= 4 is 23.5 Å². The number of urea groups is 1. The summed E-state index contributed by atoms with van der Waals surface area (Å²) in [5, 5.41) is 5.57. The summed E-state index contributed by atoms with van der Waals surface area (Å²) < 4.78 is 10.4. The Morgan fingerprint density at radius 3 is 2.91 bits per heavy atom. The third-order valence-corrected chi connectivity index (χ3v) is 3.72. The van der Waals surface area contributed by atoms with Crippen LogP contribution >= 0.6 is 0 Å². The van der Waals surface area contributed by atoms with Crippen LogP contribution in [0.4, 0.5) is 21.0 Å². The van der Waals surface area contributed by atoms with Gasteiger partial charge in [-0.05, 0) is 25.0 Å². The molecule has 0 spiro atoms. The van der Waals surface area contributed by atoms with Gasteiger partial charge in [-0.1, -0.05) is 12.1 Å². The van der Waals surface area contributed by atoms with E-state index in [2.05, 4.69) is 10.6 Å². The number of ether oxygens (including phenoxy) is 2. The van der Waals surface area contributed by atoms with Crippen LogP contribution < -0.4 is 15.5 Å². The maximum absolute atomic E-state index is 12.0. The van der Waals surface area contributed by atoms with Gasteiger partial charge in [-0.25, -0.2) is 9.59 Å². The SMILES string of the molecule is O=C(NC[C@H]1CCCO1)Nc1ccccc1N1CCOC1=O. The van der Waals surface area contributed by atoms with Gasteiger partial charge in [-0.2, -0.15) is 0 Å². The summed E-state index contributed by atoms with van der Waals surface area (Å²) in [5.41, 5.74) is 1.21. The van der Waals surface area contributed by atoms with E-state index in [0.29, 0.717) is 31.1 Å². The smallest absolute Gasteiger partial charge is 0.414 e. The highest BCUT2D eigenvalue weighted by atomic mass is 16.6. The summed E-state index contributed by atoms with van der Waals surface area (Å²) in [7, 11) is 0. The number of cyclic esters (lactones) is 1. The molecule has 0 aliphatic carbocycles. The van der Waals surface area contributed by atoms with Crippen LogP contribution in [-0.4, -0.2) is 44.5 Å². The summed E-state index contributed by atoms with van der Waals surface area (Å²) in [4.78, 5) is 25.2. The maximum atomic E-state index is 12.0. The van der Waals surface area contributed by atoms with E-state index in [1.54, 1.807) is 18.2 Å². The molecular weight excluding hydrogens is 286 g/mol. The summed E-state index contributed by atoms with van der Waals surface area (Å²) in [6.07, 6.45) is 1.70. The van der Waals surface area contributed by atoms with E-state index in [0.717, 1.165) is 19.4 Å². The van der Waals surface area contributed by atoms with Crippen molar-refractivity contribution in [1.29, 1.82) is 0 Å². The molecule has 7 heteroatoms. The van der Waals surface area contributed by atoms with Crippen LogP contribution in [0.15, 0.2) is 24.3 Å². The molecule has 0 unspecified atom stereocenters. The third kappa shape index (κ3) is 3.30. The number of benzene rings is 1. The Balaban J connectivity index is 1.61. The molecule has 3 amide bonds. The minimum Gasteiger partial charge on any atom is -0.447 e. The lowest BCUT2D eigenvalue weighted by Crippen LogP contribution is -2.35. The molecule has 0 bridgehead atoms. The molecule has 2 heterocycles. The molecule has 22 heavy (non-hydrogen) atoms. The first kappa shape index (κ1) is 14.6. The van der Waals surface area contributed by atoms with Gasteiger partial charge in [0.25, 0.3) is 0 Å². The number of para-hydroxylation sites is 2. The Labute approximate surface area is 128 Å². The predicted molar refractivity (Wildman–Crippen MR) is 81.1 cm³/mol. The molecule has 2 saturated heterocycles. The highest BCUT2D eigenvalue weighted by molar-refractivity contribution is 5.98. The Morgan fingerprint density at radius 2 is 2.18 bits per heavy atom. The van der Waals surface area contributed by atoms with Crippen LogP contribution in [0.3, 0.4) is 0 Å². The van der Waals surface area contributed by atoms with E-state index in [-0.39, 0.29) is 12.1 Å². The number of rotatable bonds is 4. The highest BCUT2D eigenvalue weighted by Crippen LogP contribution is 2.27. The van der Waals surface area contributed by atoms with Gasteiger partial charge in [-0.15, -0.1) is 0 Å². The van der Waals surface area contributed by atoms with E-state index in [4.69, 9.17) is 9.47 Å². The lowest BCUT2D eigenvalue weighted by Gasteiger charge is -2.18. The highest BCUT2D eigenvalue weighted by Gasteiger charge is 2.26. The van der Waals surface area contributed by atoms with Crippen molar-refractivity contribution in [2.75, 3.05) is 36.5 Å². The fourth-order valence-electron chi connectivity index (χ4n) is 2.61. The van der Waals surface area contributed by atoms with Gasteiger partial charge in [-0.3, -0.25) is 4.90 Å². The lowest BCUT2D eigenvalue weighted by atomic mass is 10.2. The Bertz CT molecular complexity index is 557. The van der Waals surface area contributed by atoms with Gasteiger partial charge in [0, 0.05) is 13.2 Å². The van der Waals surface area contributed by atoms with E-state index in [1.807, 2.05) is 6.07 Å². The minimum atomic E-state index is -0.394. The molecule has 3 rings (SSSR count). The molecule has 0 saturated carbocycles. The zero-order chi connectivity index (χ0) is 15.4. The number of hydrogen-bond donors (Lipinski definition) is 2. The zero-order valence-corrected chi connectivity index (χ0v) is 12.2. The predicted octanol–water partition coefficient (Wildman–Crippen LogP) is 1.94. The van der Waals surface area contributed by atoms with E-state index in [1.165, 1.54) is 4.90 Å². The Hall–Kier alpha value is -2.28. The molecule has 2 aliphatic heterocycles. The largest absolute Gasteiger partial charge is 0.447 e. The van der Waals surface area contributed by atoms with Crippen LogP contribution in [0.5, 0.6) is 0 Å². The van der Waals surface area contributed by atoms with Gasteiger partial charge in [0.2, 0.25) is 0 Å². The first-order chi connectivity index (χ1) is 10.7. The average molecular weight is 305 g/mol. The lowest BCUT2D eigenvalue weighted by molar-refractivity contribution is 0.112. The van der Waals surface area contributed by atoms with Crippen molar-refractivity contribution in [3.05, 3.63) is 24.3 Å². The molecule has 0 aromatic heterocycles. The summed E-state index contributed by atoms with van der Waals surface area (Å²) >= 11 is 0. The van der Waals surface area contributed by atoms with Gasteiger partial charge in [0.05, 0.1) is 24.0 Å². The maximum Gasteiger partial charge on any atom is 0.414 e. The topological polar surface area (TPSA) is 79.9 Å². The van der Waals surface area contributed by atoms with Gasteiger partial charge in [0.15, 0.2) is 0 Å². The quantitative estimate of drug-likeness (QED) is 0.891. The number of amides is 3. The normalized spacial score (nSPS) is 20.8. The molecule has 0 radical (unpaired) electrons. The fourth-order valence-corrected chi connectivity index (χ4v) is 2.61. The molecule has 118 valence electrons. The zero-order valence-electron chi connectivity index (χ0n) is 12.2. The molecule has 1 aromatic rings. The summed E-state index contributed by atoms with van der Waals surface area (Å²) in [5.74, 6) is 0. The van der Waals surface area contributed by atoms with E-state index in [9.17, 15) is 9.59 Å². The average Bonchev–Trinajstić information content (AvgIpc) is 3.17. The molecule has 7 nitrogen and oxygen atoms in total. The second-order valence-electron chi connectivity index (χ2n) is 5.25. The van der Waals surface area contributed by atoms with Crippen LogP contribution in [0.2, 0.25) is 0 Å². The van der Waals surface area contributed by atoms with Crippen LogP contribution in [-0.2, 0) is 9.47 Å². The molecule has 1 atom stereocenters. The van der Waals surface area contributed by atoms with Crippen molar-refractivity contribution in [3.63, 3.8) is 0 Å². The van der Waals surface area contributed by atoms with Crippen molar-refractivity contribution in [2.24, 2.45) is 0 Å². The second kappa shape index (κ2) is 6.65. The van der Waals surface area contributed by atoms with Crippen molar-refractivity contribution in [1.82, 2.24) is 5.32 Å². The van der Waals surface area contributed by atoms with E-state index >= 15 is 0 Å². The first-order valence-electron chi connectivity index (χ1n) is 7.44. The molecule has 1 aromatic carbocycles. The minimum absolute atomic E-state index is 0.0922. The monoisotopic (exact) mass is 305 g/mol. The number of nitrogens with one attached hydrogen (secondary N) is 2. The van der Waals surface area contributed by atoms with Crippen molar-refractivity contribution in [3.8, 4) is 0 Å². The van der Waals surface area contributed by atoms with Gasteiger partial charge >= 0.3 is 12.1 Å². The first-order valence-corrected chi connectivity index (χ1v) is 7.44. The fraction of sp³-hybridized carbons (Fsp3) is 0.467. The van der Waals surface area contributed by atoms with Gasteiger partial charge < -0.3 is 20.1 Å². The number of carbonyl (C=O) groups is 2. The standard InChI is InChI=1S/C15H19N3O4/c19-14(16-10-11-4-3-8-21-11)17-12-5-1-2-6-13(12)18-7-9-22-15(18)20/h1-2,5-6,11H,3-4,7-10H2,(H2,16,17,19)/t11-/m1/s1. The Morgan fingerprint density at radius 1 is 1.32 bits per heavy atom. The van der Waals surface area contributed by atoms with Crippen molar-refractivity contribution < 1.29 is 19.1 Å². The van der Waals surface area contributed by atoms with Crippen molar-refractivity contribution in [2.45, 2.75) is 18.9 Å². The van der Waals surface area contributed by atoms with Crippen LogP contribution in [0, 0.1) is 0 Å². The second-order valence-corrected chi connectivity index (χ2v) is 5.25. The third-order valence-electron chi connectivity index (χ3n) is 3.72.